The van der Waals surface area contributed by atoms with Crippen LogP contribution in [0, 0.1) is 5.82 Å². The highest BCUT2D eigenvalue weighted by Crippen LogP contribution is 2.19. The van der Waals surface area contributed by atoms with E-state index < -0.39 is 0 Å². The number of anilines is 1. The largest absolute Gasteiger partial charge is 0.381 e. The summed E-state index contributed by atoms with van der Waals surface area (Å²) >= 11 is 0. The fraction of sp³-hybridized carbons (Fsp3) is 0.308. The molecule has 0 unspecified atom stereocenters. The van der Waals surface area contributed by atoms with Crippen molar-refractivity contribution in [2.75, 3.05) is 18.4 Å². The van der Waals surface area contributed by atoms with Crippen LogP contribution in [0.15, 0.2) is 30.5 Å². The van der Waals surface area contributed by atoms with Crippen molar-refractivity contribution in [2.45, 2.75) is 6.42 Å². The van der Waals surface area contributed by atoms with E-state index in [1.54, 1.807) is 23.0 Å². The number of halogens is 1. The molecule has 5 heteroatoms. The highest BCUT2D eigenvalue weighted by atomic mass is 19.1. The standard InChI is InChI=1S/C13H17FN4/c1-18-13(12(9-17-18)16-7-6-15)8-10-4-2-3-5-11(10)14/h2-5,9,16H,6-8,15H2,1H3. The minimum atomic E-state index is -0.191. The van der Waals surface area contributed by atoms with Gasteiger partial charge in [0.1, 0.15) is 5.82 Å². The van der Waals surface area contributed by atoms with Crippen molar-refractivity contribution in [2.24, 2.45) is 12.8 Å². The van der Waals surface area contributed by atoms with Crippen LogP contribution in [-0.4, -0.2) is 22.9 Å². The lowest BCUT2D eigenvalue weighted by molar-refractivity contribution is 0.609. The summed E-state index contributed by atoms with van der Waals surface area (Å²) in [7, 11) is 1.85. The number of nitrogens with one attached hydrogen (secondary N) is 1. The number of aryl methyl sites for hydroxylation is 1. The first kappa shape index (κ1) is 12.6. The normalized spacial score (nSPS) is 10.6. The molecular weight excluding hydrogens is 231 g/mol. The molecule has 0 aliphatic carbocycles. The molecule has 18 heavy (non-hydrogen) atoms. The van der Waals surface area contributed by atoms with Crippen LogP contribution in [0.25, 0.3) is 0 Å². The fourth-order valence-corrected chi connectivity index (χ4v) is 1.85. The molecule has 4 nitrogen and oxygen atoms in total. The number of benzene rings is 1. The van der Waals surface area contributed by atoms with Crippen molar-refractivity contribution in [3.8, 4) is 0 Å². The molecule has 0 atom stereocenters. The third-order valence-electron chi connectivity index (χ3n) is 2.84. The van der Waals surface area contributed by atoms with E-state index in [4.69, 9.17) is 5.73 Å². The van der Waals surface area contributed by atoms with Gasteiger partial charge in [-0.25, -0.2) is 4.39 Å². The Labute approximate surface area is 106 Å². The molecule has 0 bridgehead atoms. The quantitative estimate of drug-likeness (QED) is 0.843. The van der Waals surface area contributed by atoms with E-state index in [9.17, 15) is 4.39 Å². The van der Waals surface area contributed by atoms with Gasteiger partial charge in [-0.2, -0.15) is 5.10 Å². The van der Waals surface area contributed by atoms with Gasteiger partial charge in [0.2, 0.25) is 0 Å². The van der Waals surface area contributed by atoms with E-state index in [1.165, 1.54) is 6.07 Å². The Bertz CT molecular complexity index is 521. The molecule has 0 spiro atoms. The van der Waals surface area contributed by atoms with Crippen LogP contribution in [-0.2, 0) is 13.5 Å². The minimum absolute atomic E-state index is 0.191. The van der Waals surface area contributed by atoms with Crippen molar-refractivity contribution in [1.82, 2.24) is 9.78 Å². The zero-order valence-corrected chi connectivity index (χ0v) is 10.4. The lowest BCUT2D eigenvalue weighted by Gasteiger charge is -2.08. The van der Waals surface area contributed by atoms with E-state index in [0.717, 1.165) is 11.4 Å². The van der Waals surface area contributed by atoms with Crippen LogP contribution in [0.1, 0.15) is 11.3 Å². The van der Waals surface area contributed by atoms with Crippen molar-refractivity contribution >= 4 is 5.69 Å². The number of aromatic nitrogens is 2. The maximum absolute atomic E-state index is 13.6. The first-order valence-corrected chi connectivity index (χ1v) is 5.90. The zero-order valence-electron chi connectivity index (χ0n) is 10.4. The second-order valence-electron chi connectivity index (χ2n) is 4.11. The van der Waals surface area contributed by atoms with E-state index in [2.05, 4.69) is 10.4 Å². The Hall–Kier alpha value is -1.88. The molecule has 2 rings (SSSR count). The second kappa shape index (κ2) is 5.64. The fourth-order valence-electron chi connectivity index (χ4n) is 1.85. The average molecular weight is 248 g/mol. The third-order valence-corrected chi connectivity index (χ3v) is 2.84. The van der Waals surface area contributed by atoms with E-state index >= 15 is 0 Å². The summed E-state index contributed by atoms with van der Waals surface area (Å²) in [6.45, 7) is 1.23. The molecule has 0 amide bonds. The molecule has 1 aromatic heterocycles. The summed E-state index contributed by atoms with van der Waals surface area (Å²) < 4.78 is 15.4. The number of hydrogen-bond donors (Lipinski definition) is 2. The molecule has 3 N–H and O–H groups in total. The Kier molecular flexibility index (Phi) is 3.94. The monoisotopic (exact) mass is 248 g/mol. The third kappa shape index (κ3) is 2.68. The van der Waals surface area contributed by atoms with Gasteiger partial charge < -0.3 is 11.1 Å². The van der Waals surface area contributed by atoms with Crippen LogP contribution in [0.2, 0.25) is 0 Å². The summed E-state index contributed by atoms with van der Waals surface area (Å²) in [6.07, 6.45) is 2.25. The van der Waals surface area contributed by atoms with Crippen LogP contribution in [0.5, 0.6) is 0 Å². The lowest BCUT2D eigenvalue weighted by atomic mass is 10.1. The average Bonchev–Trinajstić information content (AvgIpc) is 2.71. The van der Waals surface area contributed by atoms with Crippen LogP contribution >= 0.6 is 0 Å². The van der Waals surface area contributed by atoms with Gasteiger partial charge in [0, 0.05) is 26.6 Å². The molecule has 1 aromatic carbocycles. The Morgan fingerprint density at radius 1 is 1.39 bits per heavy atom. The smallest absolute Gasteiger partial charge is 0.126 e. The molecule has 96 valence electrons. The molecule has 0 aliphatic rings. The maximum Gasteiger partial charge on any atom is 0.126 e. The van der Waals surface area contributed by atoms with Gasteiger partial charge in [-0.15, -0.1) is 0 Å². The number of nitrogens with two attached hydrogens (primary N) is 1. The van der Waals surface area contributed by atoms with Crippen molar-refractivity contribution < 1.29 is 4.39 Å². The van der Waals surface area contributed by atoms with Crippen molar-refractivity contribution in [3.63, 3.8) is 0 Å². The predicted molar refractivity (Wildman–Crippen MR) is 70.0 cm³/mol. The number of nitrogens with zero attached hydrogens (tertiary/aromatic N) is 2. The summed E-state index contributed by atoms with van der Waals surface area (Å²) in [4.78, 5) is 0. The van der Waals surface area contributed by atoms with E-state index in [-0.39, 0.29) is 5.82 Å². The van der Waals surface area contributed by atoms with Gasteiger partial charge in [0.25, 0.3) is 0 Å². The van der Waals surface area contributed by atoms with Crippen molar-refractivity contribution in [3.05, 3.63) is 47.5 Å². The molecular formula is C13H17FN4. The Morgan fingerprint density at radius 2 is 2.17 bits per heavy atom. The predicted octanol–water partition coefficient (Wildman–Crippen LogP) is 1.52. The Balaban J connectivity index is 2.23. The zero-order chi connectivity index (χ0) is 13.0. The van der Waals surface area contributed by atoms with Gasteiger partial charge in [-0.05, 0) is 11.6 Å². The van der Waals surface area contributed by atoms with Crippen LogP contribution in [0.3, 0.4) is 0 Å². The lowest BCUT2D eigenvalue weighted by Crippen LogP contribution is -2.14. The topological polar surface area (TPSA) is 55.9 Å². The van der Waals surface area contributed by atoms with Crippen LogP contribution < -0.4 is 11.1 Å². The number of rotatable bonds is 5. The van der Waals surface area contributed by atoms with Crippen molar-refractivity contribution in [1.29, 1.82) is 0 Å². The second-order valence-corrected chi connectivity index (χ2v) is 4.11. The van der Waals surface area contributed by atoms with Gasteiger partial charge in [-0.1, -0.05) is 18.2 Å². The molecule has 1 heterocycles. The van der Waals surface area contributed by atoms with Gasteiger partial charge in [-0.3, -0.25) is 4.68 Å². The van der Waals surface area contributed by atoms with Crippen LogP contribution in [0.4, 0.5) is 10.1 Å². The molecule has 0 radical (unpaired) electrons. The molecule has 0 aliphatic heterocycles. The summed E-state index contributed by atoms with van der Waals surface area (Å²) in [5.74, 6) is -0.191. The Morgan fingerprint density at radius 3 is 2.89 bits per heavy atom. The maximum atomic E-state index is 13.6. The first-order valence-electron chi connectivity index (χ1n) is 5.90. The summed E-state index contributed by atoms with van der Waals surface area (Å²) in [5, 5.41) is 7.38. The summed E-state index contributed by atoms with van der Waals surface area (Å²) in [5.41, 5.74) is 7.98. The van der Waals surface area contributed by atoms with E-state index in [0.29, 0.717) is 25.1 Å². The van der Waals surface area contributed by atoms with Gasteiger partial charge in [0.05, 0.1) is 17.6 Å². The minimum Gasteiger partial charge on any atom is -0.381 e. The highest BCUT2D eigenvalue weighted by molar-refractivity contribution is 5.48. The first-order chi connectivity index (χ1) is 8.72. The highest BCUT2D eigenvalue weighted by Gasteiger charge is 2.11. The van der Waals surface area contributed by atoms with Gasteiger partial charge in [0.15, 0.2) is 0 Å². The SMILES string of the molecule is Cn1ncc(NCCN)c1Cc1ccccc1F. The van der Waals surface area contributed by atoms with E-state index in [1.807, 2.05) is 13.1 Å². The number of hydrogen-bond acceptors (Lipinski definition) is 3. The molecule has 0 fully saturated rings. The summed E-state index contributed by atoms with van der Waals surface area (Å²) in [6, 6.07) is 6.78. The molecule has 2 aromatic rings. The van der Waals surface area contributed by atoms with Gasteiger partial charge >= 0.3 is 0 Å². The molecule has 0 saturated carbocycles. The molecule has 0 saturated heterocycles.